The van der Waals surface area contributed by atoms with E-state index in [-0.39, 0.29) is 10.5 Å². The van der Waals surface area contributed by atoms with Crippen molar-refractivity contribution in [1.29, 1.82) is 0 Å². The number of rotatable bonds is 7. The summed E-state index contributed by atoms with van der Waals surface area (Å²) in [6, 6.07) is 10.8. The fourth-order valence-corrected chi connectivity index (χ4v) is 6.68. The van der Waals surface area contributed by atoms with Gasteiger partial charge < -0.3 is 15.9 Å². The molecule has 1 aromatic heterocycles. The van der Waals surface area contributed by atoms with E-state index < -0.39 is 14.2 Å². The van der Waals surface area contributed by atoms with Crippen molar-refractivity contribution in [3.05, 3.63) is 51.9 Å². The van der Waals surface area contributed by atoms with Crippen LogP contribution in [0.5, 0.6) is 0 Å². The molecular weight excluding hydrogens is 408 g/mol. The molecule has 30 heavy (non-hydrogen) atoms. The molecule has 1 heterocycles. The Balaban J connectivity index is 1.81. The number of nitrogens with two attached hydrogens (primary N) is 2. The second kappa shape index (κ2) is 8.48. The van der Waals surface area contributed by atoms with Gasteiger partial charge in [-0.2, -0.15) is 0 Å². The zero-order valence-corrected chi connectivity index (χ0v) is 20.8. The maximum absolute atomic E-state index is 11.9. The lowest BCUT2D eigenvalue weighted by Gasteiger charge is -2.39. The van der Waals surface area contributed by atoms with E-state index in [1.165, 1.54) is 10.4 Å². The molecule has 164 valence electrons. The minimum atomic E-state index is -1.74. The number of fused-ring (bicyclic) bond motifs is 1. The average Bonchev–Trinajstić information content (AvgIpc) is 3.00. The zero-order valence-electron chi connectivity index (χ0n) is 19.0. The van der Waals surface area contributed by atoms with E-state index in [4.69, 9.17) is 15.9 Å². The third-order valence-corrected chi connectivity index (χ3v) is 12.8. The van der Waals surface area contributed by atoms with Crippen molar-refractivity contribution in [2.75, 3.05) is 12.3 Å². The van der Waals surface area contributed by atoms with Gasteiger partial charge in [0.25, 0.3) is 5.91 Å². The number of hydrogen-bond acceptors (Lipinski definition) is 4. The lowest BCUT2D eigenvalue weighted by Crippen LogP contribution is -2.41. The molecule has 4 nitrogen and oxygen atoms in total. The molecule has 4 N–H and O–H groups in total. The Labute approximate surface area is 186 Å². The monoisotopic (exact) mass is 444 g/mol. The SMILES string of the molecule is CC(C)(C)[Si](C)(C)OCCCC1(c2ccccc2)CCc2c(sc(N)c2C(N)=O)C1. The lowest BCUT2D eigenvalue weighted by molar-refractivity contribution is 0.1000. The Morgan fingerprint density at radius 1 is 1.23 bits per heavy atom. The summed E-state index contributed by atoms with van der Waals surface area (Å²) >= 11 is 1.54. The maximum atomic E-state index is 11.9. The molecule has 0 saturated heterocycles. The van der Waals surface area contributed by atoms with E-state index in [1.54, 1.807) is 11.3 Å². The van der Waals surface area contributed by atoms with Crippen LogP contribution in [0.3, 0.4) is 0 Å². The van der Waals surface area contributed by atoms with Crippen LogP contribution in [0, 0.1) is 0 Å². The lowest BCUT2D eigenvalue weighted by atomic mass is 9.67. The third-order valence-electron chi connectivity index (χ3n) is 7.17. The molecule has 6 heteroatoms. The van der Waals surface area contributed by atoms with Crippen LogP contribution in [0.25, 0.3) is 0 Å². The predicted molar refractivity (Wildman–Crippen MR) is 130 cm³/mol. The molecule has 1 atom stereocenters. The number of thiophene rings is 1. The van der Waals surface area contributed by atoms with Gasteiger partial charge in [-0.25, -0.2) is 0 Å². The van der Waals surface area contributed by atoms with Crippen molar-refractivity contribution in [2.24, 2.45) is 5.73 Å². The molecule has 1 amide bonds. The quantitative estimate of drug-likeness (QED) is 0.427. The molecule has 0 fully saturated rings. The van der Waals surface area contributed by atoms with Gasteiger partial charge in [-0.3, -0.25) is 4.79 Å². The van der Waals surface area contributed by atoms with Crippen molar-refractivity contribution in [2.45, 2.75) is 76.4 Å². The van der Waals surface area contributed by atoms with Gasteiger partial charge in [0, 0.05) is 16.9 Å². The molecule has 0 saturated carbocycles. The van der Waals surface area contributed by atoms with Gasteiger partial charge in [0.15, 0.2) is 8.32 Å². The first-order chi connectivity index (χ1) is 14.0. The molecule has 0 radical (unpaired) electrons. The highest BCUT2D eigenvalue weighted by Gasteiger charge is 2.40. The fourth-order valence-electron chi connectivity index (χ4n) is 4.32. The Morgan fingerprint density at radius 3 is 2.50 bits per heavy atom. The van der Waals surface area contributed by atoms with E-state index in [1.807, 2.05) is 0 Å². The van der Waals surface area contributed by atoms with Gasteiger partial charge in [-0.1, -0.05) is 51.1 Å². The highest BCUT2D eigenvalue weighted by molar-refractivity contribution is 7.16. The minimum absolute atomic E-state index is 0.0528. The number of anilines is 1. The molecule has 0 spiro atoms. The number of amides is 1. The summed E-state index contributed by atoms with van der Waals surface area (Å²) in [5.41, 5.74) is 14.8. The first kappa shape index (κ1) is 23.0. The van der Waals surface area contributed by atoms with Gasteiger partial charge in [0.05, 0.1) is 10.6 Å². The minimum Gasteiger partial charge on any atom is -0.417 e. The summed E-state index contributed by atoms with van der Waals surface area (Å²) in [5, 5.41) is 0.793. The number of carbonyl (C=O) groups is 1. The largest absolute Gasteiger partial charge is 0.417 e. The smallest absolute Gasteiger partial charge is 0.251 e. The molecule has 1 unspecified atom stereocenters. The van der Waals surface area contributed by atoms with Gasteiger partial charge in [0.2, 0.25) is 0 Å². The molecule has 3 rings (SSSR count). The Hall–Kier alpha value is -1.63. The van der Waals surface area contributed by atoms with Crippen LogP contribution in [-0.4, -0.2) is 20.8 Å². The van der Waals surface area contributed by atoms with E-state index in [0.717, 1.165) is 44.3 Å². The van der Waals surface area contributed by atoms with Gasteiger partial charge in [-0.05, 0) is 61.4 Å². The van der Waals surface area contributed by atoms with Crippen molar-refractivity contribution in [1.82, 2.24) is 0 Å². The van der Waals surface area contributed by atoms with E-state index in [2.05, 4.69) is 64.2 Å². The molecule has 0 bridgehead atoms. The molecule has 1 aliphatic carbocycles. The van der Waals surface area contributed by atoms with Crippen LogP contribution < -0.4 is 11.5 Å². The van der Waals surface area contributed by atoms with Gasteiger partial charge in [-0.15, -0.1) is 11.3 Å². The van der Waals surface area contributed by atoms with Crippen molar-refractivity contribution < 1.29 is 9.22 Å². The second-order valence-corrected chi connectivity index (χ2v) is 16.1. The topological polar surface area (TPSA) is 78.3 Å². The van der Waals surface area contributed by atoms with Crippen molar-refractivity contribution in [3.63, 3.8) is 0 Å². The van der Waals surface area contributed by atoms with E-state index in [9.17, 15) is 4.79 Å². The summed E-state index contributed by atoms with van der Waals surface area (Å²) in [7, 11) is -1.74. The van der Waals surface area contributed by atoms with Crippen LogP contribution in [0.1, 0.15) is 66.4 Å². The van der Waals surface area contributed by atoms with Crippen LogP contribution in [0.15, 0.2) is 30.3 Å². The van der Waals surface area contributed by atoms with E-state index >= 15 is 0 Å². The Bertz CT molecular complexity index is 902. The molecular formula is C24H36N2O2SSi. The summed E-state index contributed by atoms with van der Waals surface area (Å²) in [4.78, 5) is 13.1. The van der Waals surface area contributed by atoms with Gasteiger partial charge >= 0.3 is 0 Å². The Kier molecular flexibility index (Phi) is 6.51. The van der Waals surface area contributed by atoms with Crippen LogP contribution in [0.2, 0.25) is 18.1 Å². The molecule has 1 aliphatic rings. The highest BCUT2D eigenvalue weighted by atomic mass is 32.1. The normalized spacial score (nSPS) is 19.5. The van der Waals surface area contributed by atoms with Crippen molar-refractivity contribution in [3.8, 4) is 0 Å². The third kappa shape index (κ3) is 4.51. The van der Waals surface area contributed by atoms with Crippen LogP contribution >= 0.6 is 11.3 Å². The first-order valence-electron chi connectivity index (χ1n) is 10.9. The van der Waals surface area contributed by atoms with Gasteiger partial charge in [0.1, 0.15) is 0 Å². The standard InChI is InChI=1S/C24H36N2O2SSi/c1-23(2,3)30(4,5)28-15-9-13-24(17-10-7-6-8-11-17)14-12-18-19(16-24)29-22(26)20(18)21(25)27/h6-8,10-11H,9,12-16,26H2,1-5H3,(H2,25,27). The summed E-state index contributed by atoms with van der Waals surface area (Å²) in [5.74, 6) is -0.403. The van der Waals surface area contributed by atoms with Crippen LogP contribution in [-0.2, 0) is 22.7 Å². The van der Waals surface area contributed by atoms with Crippen molar-refractivity contribution >= 4 is 30.6 Å². The Morgan fingerprint density at radius 2 is 1.90 bits per heavy atom. The molecule has 1 aromatic carbocycles. The second-order valence-electron chi connectivity index (χ2n) is 10.1. The number of carbonyl (C=O) groups excluding carboxylic acids is 1. The number of benzene rings is 1. The maximum Gasteiger partial charge on any atom is 0.251 e. The van der Waals surface area contributed by atoms with Crippen LogP contribution in [0.4, 0.5) is 5.00 Å². The number of hydrogen-bond donors (Lipinski definition) is 2. The highest BCUT2D eigenvalue weighted by Crippen LogP contribution is 2.47. The predicted octanol–water partition coefficient (Wildman–Crippen LogP) is 5.66. The average molecular weight is 445 g/mol. The molecule has 0 aliphatic heterocycles. The summed E-state index contributed by atoms with van der Waals surface area (Å²) < 4.78 is 6.45. The fraction of sp³-hybridized carbons (Fsp3) is 0.542. The number of primary amides is 1. The molecule has 2 aromatic rings. The van der Waals surface area contributed by atoms with E-state index in [0.29, 0.717) is 10.6 Å². The number of nitrogen functional groups attached to an aromatic ring is 1. The zero-order chi connectivity index (χ0) is 22.2. The first-order valence-corrected chi connectivity index (χ1v) is 14.6. The summed E-state index contributed by atoms with van der Waals surface area (Å²) in [6.45, 7) is 12.3. The summed E-state index contributed by atoms with van der Waals surface area (Å²) in [6.07, 6.45) is 4.85.